The van der Waals surface area contributed by atoms with Crippen molar-refractivity contribution in [3.05, 3.63) is 101 Å². The second kappa shape index (κ2) is 9.82. The molecule has 0 atom stereocenters. The zero-order chi connectivity index (χ0) is 20.6. The molecule has 3 aromatic rings. The molecule has 150 valence electrons. The number of rotatable bonds is 8. The summed E-state index contributed by atoms with van der Waals surface area (Å²) in [4.78, 5) is 18.0. The van der Waals surface area contributed by atoms with E-state index >= 15 is 0 Å². The highest BCUT2D eigenvalue weighted by atomic mass is 15.2. The molecule has 0 aliphatic rings. The highest BCUT2D eigenvalue weighted by molar-refractivity contribution is 5.21. The van der Waals surface area contributed by atoms with Crippen LogP contribution in [0.4, 0.5) is 0 Å². The van der Waals surface area contributed by atoms with Gasteiger partial charge in [-0.2, -0.15) is 0 Å². The summed E-state index contributed by atoms with van der Waals surface area (Å²) in [7, 11) is 2.07. The molecular weight excluding hydrogens is 358 g/mol. The first-order valence-corrected chi connectivity index (χ1v) is 9.87. The minimum atomic E-state index is 0.732. The zero-order valence-electron chi connectivity index (χ0n) is 17.7. The summed E-state index contributed by atoms with van der Waals surface area (Å²) in [6.07, 6.45) is 9.78. The van der Waals surface area contributed by atoms with Gasteiger partial charge in [-0.3, -0.25) is 15.0 Å². The Morgan fingerprint density at radius 2 is 1.07 bits per heavy atom. The molecule has 3 rings (SSSR count). The Morgan fingerprint density at radius 1 is 0.655 bits per heavy atom. The number of nitrogens with zero attached hydrogens (tertiary/aromatic N) is 5. The van der Waals surface area contributed by atoms with Crippen LogP contribution in [0.5, 0.6) is 0 Å². The van der Waals surface area contributed by atoms with Gasteiger partial charge < -0.3 is 9.80 Å². The van der Waals surface area contributed by atoms with Crippen molar-refractivity contribution < 1.29 is 0 Å². The molecular formula is C24H29N5. The molecule has 0 aromatic carbocycles. The van der Waals surface area contributed by atoms with Crippen LogP contribution in [0.2, 0.25) is 0 Å². The molecule has 0 N–H and O–H groups in total. The van der Waals surface area contributed by atoms with E-state index < -0.39 is 0 Å². The maximum Gasteiger partial charge on any atom is 0.0625 e. The van der Waals surface area contributed by atoms with E-state index in [9.17, 15) is 0 Å². The van der Waals surface area contributed by atoms with Crippen LogP contribution in [-0.4, -0.2) is 31.8 Å². The first-order chi connectivity index (χ1) is 14.0. The van der Waals surface area contributed by atoms with Crippen LogP contribution >= 0.6 is 0 Å². The van der Waals surface area contributed by atoms with Gasteiger partial charge in [0.1, 0.15) is 0 Å². The predicted octanol–water partition coefficient (Wildman–Crippen LogP) is 4.40. The SMILES string of the molecule is Cc1cccnc1CN(C)/C=C/N(Cc1ncccc1C)Cc1ncccc1C. The lowest BCUT2D eigenvalue weighted by molar-refractivity contribution is 0.337. The van der Waals surface area contributed by atoms with Crippen molar-refractivity contribution in [2.24, 2.45) is 0 Å². The number of pyridine rings is 3. The minimum absolute atomic E-state index is 0.732. The molecule has 29 heavy (non-hydrogen) atoms. The smallest absolute Gasteiger partial charge is 0.0625 e. The van der Waals surface area contributed by atoms with Gasteiger partial charge in [0.15, 0.2) is 0 Å². The van der Waals surface area contributed by atoms with Gasteiger partial charge in [-0.05, 0) is 55.7 Å². The average molecular weight is 388 g/mol. The fraction of sp³-hybridized carbons (Fsp3) is 0.292. The third-order valence-corrected chi connectivity index (χ3v) is 4.99. The molecule has 0 saturated carbocycles. The second-order valence-electron chi connectivity index (χ2n) is 7.42. The fourth-order valence-corrected chi connectivity index (χ4v) is 3.09. The Bertz CT molecular complexity index is 919. The lowest BCUT2D eigenvalue weighted by atomic mass is 10.2. The molecule has 0 fully saturated rings. The molecule has 5 nitrogen and oxygen atoms in total. The van der Waals surface area contributed by atoms with E-state index in [1.165, 1.54) is 16.7 Å². The molecule has 0 amide bonds. The van der Waals surface area contributed by atoms with Crippen molar-refractivity contribution in [3.63, 3.8) is 0 Å². The molecule has 0 bridgehead atoms. The summed E-state index contributed by atoms with van der Waals surface area (Å²) < 4.78 is 0. The largest absolute Gasteiger partial charge is 0.373 e. The highest BCUT2D eigenvalue weighted by Crippen LogP contribution is 2.14. The van der Waals surface area contributed by atoms with Gasteiger partial charge in [-0.1, -0.05) is 18.2 Å². The summed E-state index contributed by atoms with van der Waals surface area (Å²) in [5, 5.41) is 0. The van der Waals surface area contributed by atoms with Crippen LogP contribution < -0.4 is 0 Å². The van der Waals surface area contributed by atoms with Gasteiger partial charge in [0, 0.05) is 38.0 Å². The van der Waals surface area contributed by atoms with Crippen molar-refractivity contribution >= 4 is 0 Å². The highest BCUT2D eigenvalue weighted by Gasteiger charge is 2.09. The lowest BCUT2D eigenvalue weighted by Gasteiger charge is -2.23. The van der Waals surface area contributed by atoms with Crippen molar-refractivity contribution in [2.45, 2.75) is 40.4 Å². The Labute approximate surface area is 173 Å². The molecule has 0 aliphatic carbocycles. The Balaban J connectivity index is 1.76. The third kappa shape index (κ3) is 5.88. The summed E-state index contributed by atoms with van der Waals surface area (Å²) in [6.45, 7) is 8.53. The second-order valence-corrected chi connectivity index (χ2v) is 7.42. The van der Waals surface area contributed by atoms with E-state index in [2.05, 4.69) is 83.2 Å². The summed E-state index contributed by atoms with van der Waals surface area (Å²) in [5.74, 6) is 0. The molecule has 0 saturated heterocycles. The van der Waals surface area contributed by atoms with Crippen molar-refractivity contribution in [2.75, 3.05) is 7.05 Å². The maximum atomic E-state index is 4.57. The summed E-state index contributed by atoms with van der Waals surface area (Å²) >= 11 is 0. The van der Waals surface area contributed by atoms with Gasteiger partial charge in [0.25, 0.3) is 0 Å². The first-order valence-electron chi connectivity index (χ1n) is 9.87. The lowest BCUT2D eigenvalue weighted by Crippen LogP contribution is -2.21. The van der Waals surface area contributed by atoms with Gasteiger partial charge in [0.05, 0.1) is 36.7 Å². The minimum Gasteiger partial charge on any atom is -0.373 e. The molecule has 3 aromatic heterocycles. The molecule has 0 aliphatic heterocycles. The quantitative estimate of drug-likeness (QED) is 0.573. The van der Waals surface area contributed by atoms with E-state index in [1.807, 2.05) is 36.8 Å². The van der Waals surface area contributed by atoms with Crippen molar-refractivity contribution in [1.29, 1.82) is 0 Å². The number of aromatic nitrogens is 3. The predicted molar refractivity (Wildman–Crippen MR) is 117 cm³/mol. The Kier molecular flexibility index (Phi) is 6.95. The summed E-state index contributed by atoms with van der Waals surface area (Å²) in [6, 6.07) is 12.2. The number of hydrogen-bond acceptors (Lipinski definition) is 5. The molecule has 0 radical (unpaired) electrons. The average Bonchev–Trinajstić information content (AvgIpc) is 2.71. The standard InChI is InChI=1S/C24H29N5/c1-19-8-5-11-25-22(19)16-28(4)14-15-29(17-23-20(2)9-6-12-26-23)18-24-21(3)10-7-13-27-24/h5-15H,16-18H2,1-4H3/b15-14+. The van der Waals surface area contributed by atoms with Crippen LogP contribution in [0.3, 0.4) is 0 Å². The van der Waals surface area contributed by atoms with E-state index in [1.54, 1.807) is 0 Å². The van der Waals surface area contributed by atoms with Gasteiger partial charge in [0.2, 0.25) is 0 Å². The van der Waals surface area contributed by atoms with E-state index in [-0.39, 0.29) is 0 Å². The topological polar surface area (TPSA) is 45.2 Å². The molecule has 0 spiro atoms. The zero-order valence-corrected chi connectivity index (χ0v) is 17.7. The van der Waals surface area contributed by atoms with Gasteiger partial charge >= 0.3 is 0 Å². The Morgan fingerprint density at radius 3 is 1.48 bits per heavy atom. The van der Waals surface area contributed by atoms with Crippen LogP contribution in [0.25, 0.3) is 0 Å². The van der Waals surface area contributed by atoms with Gasteiger partial charge in [-0.15, -0.1) is 0 Å². The molecule has 3 heterocycles. The van der Waals surface area contributed by atoms with Crippen molar-refractivity contribution in [3.8, 4) is 0 Å². The normalized spacial score (nSPS) is 11.0. The fourth-order valence-electron chi connectivity index (χ4n) is 3.09. The Hall–Kier alpha value is -3.21. The van der Waals surface area contributed by atoms with E-state index in [0.717, 1.165) is 36.7 Å². The maximum absolute atomic E-state index is 4.57. The van der Waals surface area contributed by atoms with Crippen LogP contribution in [0.1, 0.15) is 33.8 Å². The number of aryl methyl sites for hydroxylation is 3. The molecule has 0 unspecified atom stereocenters. The van der Waals surface area contributed by atoms with E-state index in [0.29, 0.717) is 0 Å². The van der Waals surface area contributed by atoms with Crippen LogP contribution in [-0.2, 0) is 19.6 Å². The number of hydrogen-bond donors (Lipinski definition) is 0. The monoisotopic (exact) mass is 387 g/mol. The van der Waals surface area contributed by atoms with Crippen LogP contribution in [0, 0.1) is 20.8 Å². The first kappa shape index (κ1) is 20.5. The van der Waals surface area contributed by atoms with Crippen LogP contribution in [0.15, 0.2) is 67.4 Å². The van der Waals surface area contributed by atoms with E-state index in [4.69, 9.17) is 0 Å². The summed E-state index contributed by atoms with van der Waals surface area (Å²) in [5.41, 5.74) is 6.84. The third-order valence-electron chi connectivity index (χ3n) is 4.99. The molecule has 5 heteroatoms. The van der Waals surface area contributed by atoms with Gasteiger partial charge in [-0.25, -0.2) is 0 Å². The van der Waals surface area contributed by atoms with Crippen molar-refractivity contribution in [1.82, 2.24) is 24.8 Å².